The number of likely N-dealkylation sites (tertiary alicyclic amines) is 3. The molecule has 3 aromatic carbocycles. The van der Waals surface area contributed by atoms with Crippen molar-refractivity contribution in [3.05, 3.63) is 107 Å². The van der Waals surface area contributed by atoms with Crippen molar-refractivity contribution in [2.24, 2.45) is 5.92 Å². The van der Waals surface area contributed by atoms with Crippen molar-refractivity contribution < 1.29 is 27.6 Å². The molecule has 3 amide bonds. The van der Waals surface area contributed by atoms with Crippen LogP contribution in [0.1, 0.15) is 61.6 Å². The summed E-state index contributed by atoms with van der Waals surface area (Å²) in [5, 5.41) is 3.10. The van der Waals surface area contributed by atoms with Gasteiger partial charge in [0.1, 0.15) is 29.5 Å². The van der Waals surface area contributed by atoms with Gasteiger partial charge < -0.3 is 20.0 Å². The van der Waals surface area contributed by atoms with E-state index in [1.54, 1.807) is 46.2 Å². The van der Waals surface area contributed by atoms with Crippen LogP contribution in [0.15, 0.2) is 72.8 Å². The van der Waals surface area contributed by atoms with Gasteiger partial charge in [0.25, 0.3) is 0 Å². The molecule has 3 fully saturated rings. The van der Waals surface area contributed by atoms with Crippen LogP contribution in [0.25, 0.3) is 0 Å². The molecule has 3 aliphatic rings. The number of piperidine rings is 1. The second-order valence-corrected chi connectivity index (χ2v) is 13.5. The lowest BCUT2D eigenvalue weighted by atomic mass is 9.67. The number of halogens is 3. The maximum Gasteiger partial charge on any atom is 0.246 e. The zero-order chi connectivity index (χ0) is 33.8. The van der Waals surface area contributed by atoms with E-state index < -0.39 is 35.0 Å². The molecule has 0 unspecified atom stereocenters. The van der Waals surface area contributed by atoms with E-state index in [9.17, 15) is 27.6 Å². The van der Waals surface area contributed by atoms with Gasteiger partial charge in [-0.05, 0) is 118 Å². The Hall–Kier alpha value is -4.18. The highest BCUT2D eigenvalue weighted by molar-refractivity contribution is 5.93. The summed E-state index contributed by atoms with van der Waals surface area (Å²) < 4.78 is 42.5. The monoisotopic (exact) mass is 660 g/mol. The van der Waals surface area contributed by atoms with Crippen LogP contribution in [-0.4, -0.2) is 84.3 Å². The van der Waals surface area contributed by atoms with Crippen LogP contribution in [0.5, 0.6) is 0 Å². The number of benzene rings is 3. The summed E-state index contributed by atoms with van der Waals surface area (Å²) in [4.78, 5) is 47.5. The summed E-state index contributed by atoms with van der Waals surface area (Å²) in [5.74, 6) is -1.64. The lowest BCUT2D eigenvalue weighted by Gasteiger charge is -2.38. The molecule has 0 bridgehead atoms. The molecule has 48 heavy (non-hydrogen) atoms. The third kappa shape index (κ3) is 6.99. The number of rotatable bonds is 9. The number of nitrogens with one attached hydrogen (secondary N) is 1. The van der Waals surface area contributed by atoms with Crippen molar-refractivity contribution in [3.8, 4) is 0 Å². The van der Waals surface area contributed by atoms with Gasteiger partial charge in [-0.25, -0.2) is 13.2 Å². The van der Waals surface area contributed by atoms with E-state index in [1.807, 2.05) is 0 Å². The molecule has 3 aromatic rings. The van der Waals surface area contributed by atoms with Gasteiger partial charge in [-0.15, -0.1) is 0 Å². The van der Waals surface area contributed by atoms with Crippen molar-refractivity contribution in [2.75, 3.05) is 39.8 Å². The largest absolute Gasteiger partial charge is 0.354 e. The Kier molecular flexibility index (Phi) is 10.2. The van der Waals surface area contributed by atoms with Gasteiger partial charge in [0.05, 0.1) is 5.41 Å². The maximum atomic E-state index is 14.5. The van der Waals surface area contributed by atoms with Crippen molar-refractivity contribution in [3.63, 3.8) is 0 Å². The fourth-order valence-corrected chi connectivity index (χ4v) is 7.78. The molecule has 3 saturated heterocycles. The van der Waals surface area contributed by atoms with E-state index >= 15 is 0 Å². The molecule has 0 spiro atoms. The first kappa shape index (κ1) is 33.7. The van der Waals surface area contributed by atoms with E-state index in [4.69, 9.17) is 0 Å². The number of nitrogens with zero attached hydrogens (tertiary/aromatic N) is 3. The highest BCUT2D eigenvalue weighted by atomic mass is 19.1. The summed E-state index contributed by atoms with van der Waals surface area (Å²) in [6.45, 7) is 3.42. The Labute approximate surface area is 280 Å². The van der Waals surface area contributed by atoms with Gasteiger partial charge in [0.2, 0.25) is 17.7 Å². The van der Waals surface area contributed by atoms with Crippen LogP contribution in [0.3, 0.4) is 0 Å². The molecule has 254 valence electrons. The van der Waals surface area contributed by atoms with Crippen molar-refractivity contribution in [2.45, 2.75) is 62.4 Å². The smallest absolute Gasteiger partial charge is 0.246 e. The zero-order valence-electron chi connectivity index (χ0n) is 27.3. The van der Waals surface area contributed by atoms with E-state index in [0.29, 0.717) is 67.9 Å². The van der Waals surface area contributed by atoms with E-state index in [1.165, 1.54) is 36.4 Å². The molecule has 3 aliphatic heterocycles. The number of amides is 3. The average Bonchev–Trinajstić information content (AvgIpc) is 3.79. The van der Waals surface area contributed by atoms with Crippen LogP contribution in [0.4, 0.5) is 13.2 Å². The molecule has 0 saturated carbocycles. The fraction of sp³-hybridized carbons (Fsp3) is 0.447. The zero-order valence-corrected chi connectivity index (χ0v) is 27.3. The molecular weight excluding hydrogens is 617 g/mol. The summed E-state index contributed by atoms with van der Waals surface area (Å²) in [5.41, 5.74) is 0.460. The second kappa shape index (κ2) is 14.5. The van der Waals surface area contributed by atoms with E-state index in [0.717, 1.165) is 25.9 Å². The summed E-state index contributed by atoms with van der Waals surface area (Å²) in [6, 6.07) is 16.0. The SMILES string of the molecule is CN1CCC(CNC(=O)[C@H]2CCCN2C(=O)[C@@H]2CCCN2C(=O)CC(c2ccc(F)cc2)(c2ccc(F)cc2)c2ccc(F)cc2)CC1. The van der Waals surface area contributed by atoms with Gasteiger partial charge in [-0.2, -0.15) is 0 Å². The van der Waals surface area contributed by atoms with Crippen LogP contribution < -0.4 is 5.32 Å². The third-order valence-corrected chi connectivity index (χ3v) is 10.5. The standard InChI is InChI=1S/C38H43F3N4O3/c1-43-22-18-26(19-23-43)25-42-36(47)33-4-2-21-45(33)37(48)34-5-3-20-44(34)35(46)24-38(27-6-12-30(39)13-7-27,28-8-14-31(40)15-9-28)29-10-16-32(41)17-11-29/h6-17,26,33-34H,2-5,18-25H2,1H3,(H,42,47)/t33-,34+/m1/s1. The molecule has 0 radical (unpaired) electrons. The molecule has 6 rings (SSSR count). The van der Waals surface area contributed by atoms with Crippen molar-refractivity contribution in [1.82, 2.24) is 20.0 Å². The molecule has 0 aromatic heterocycles. The number of hydrogen-bond acceptors (Lipinski definition) is 4. The van der Waals surface area contributed by atoms with Crippen LogP contribution in [0, 0.1) is 23.4 Å². The number of carbonyl (C=O) groups is 3. The minimum absolute atomic E-state index is 0.140. The Morgan fingerprint density at radius 1 is 0.667 bits per heavy atom. The molecule has 1 N–H and O–H groups in total. The van der Waals surface area contributed by atoms with Crippen LogP contribution in [-0.2, 0) is 19.8 Å². The maximum absolute atomic E-state index is 14.5. The number of hydrogen-bond donors (Lipinski definition) is 1. The Morgan fingerprint density at radius 2 is 1.12 bits per heavy atom. The minimum atomic E-state index is -1.24. The second-order valence-electron chi connectivity index (χ2n) is 13.5. The first-order valence-electron chi connectivity index (χ1n) is 17.0. The van der Waals surface area contributed by atoms with Crippen molar-refractivity contribution in [1.29, 1.82) is 0 Å². The molecule has 10 heteroatoms. The minimum Gasteiger partial charge on any atom is -0.354 e. The molecule has 3 heterocycles. The first-order valence-corrected chi connectivity index (χ1v) is 17.0. The van der Waals surface area contributed by atoms with Gasteiger partial charge in [-0.1, -0.05) is 36.4 Å². The molecule has 0 aliphatic carbocycles. The van der Waals surface area contributed by atoms with Gasteiger partial charge >= 0.3 is 0 Å². The third-order valence-electron chi connectivity index (χ3n) is 10.5. The highest BCUT2D eigenvalue weighted by Crippen LogP contribution is 2.43. The van der Waals surface area contributed by atoms with Crippen LogP contribution in [0.2, 0.25) is 0 Å². The first-order chi connectivity index (χ1) is 23.2. The predicted octanol–water partition coefficient (Wildman–Crippen LogP) is 5.27. The molecular formula is C38H43F3N4O3. The van der Waals surface area contributed by atoms with Crippen LogP contribution >= 0.6 is 0 Å². The average molecular weight is 661 g/mol. The summed E-state index contributed by atoms with van der Waals surface area (Å²) in [7, 11) is 2.10. The summed E-state index contributed by atoms with van der Waals surface area (Å²) >= 11 is 0. The Bertz CT molecular complexity index is 1480. The lowest BCUT2D eigenvalue weighted by Crippen LogP contribution is -2.54. The van der Waals surface area contributed by atoms with E-state index in [-0.39, 0.29) is 24.1 Å². The quantitative estimate of drug-likeness (QED) is 0.318. The Balaban J connectivity index is 1.26. The lowest BCUT2D eigenvalue weighted by molar-refractivity contribution is -0.146. The topological polar surface area (TPSA) is 73.0 Å². The predicted molar refractivity (Wildman–Crippen MR) is 176 cm³/mol. The van der Waals surface area contributed by atoms with E-state index in [2.05, 4.69) is 17.3 Å². The van der Waals surface area contributed by atoms with Gasteiger partial charge in [-0.3, -0.25) is 14.4 Å². The normalized spacial score (nSPS) is 20.7. The van der Waals surface area contributed by atoms with Gasteiger partial charge in [0, 0.05) is 26.1 Å². The summed E-state index contributed by atoms with van der Waals surface area (Å²) in [6.07, 6.45) is 4.27. The Morgan fingerprint density at radius 3 is 1.62 bits per heavy atom. The highest BCUT2D eigenvalue weighted by Gasteiger charge is 2.45. The number of carbonyl (C=O) groups excluding carboxylic acids is 3. The van der Waals surface area contributed by atoms with Gasteiger partial charge in [0.15, 0.2) is 0 Å². The fourth-order valence-electron chi connectivity index (χ4n) is 7.78. The molecule has 7 nitrogen and oxygen atoms in total. The van der Waals surface area contributed by atoms with Crippen molar-refractivity contribution >= 4 is 17.7 Å². The molecule has 2 atom stereocenters.